The molecule has 0 aliphatic carbocycles. The molecule has 118 valence electrons. The number of hydrogen-bond acceptors (Lipinski definition) is 4. The van der Waals surface area contributed by atoms with Gasteiger partial charge < -0.3 is 10.0 Å². The Morgan fingerprint density at radius 2 is 1.95 bits per heavy atom. The number of sulfonamides is 1. The van der Waals surface area contributed by atoms with Crippen LogP contribution < -0.4 is 4.72 Å². The first kappa shape index (κ1) is 16.4. The highest BCUT2D eigenvalue weighted by atomic mass is 32.2. The van der Waals surface area contributed by atoms with E-state index in [2.05, 4.69) is 9.62 Å². The Labute approximate surface area is 127 Å². The smallest absolute Gasteiger partial charge is 0.240 e. The summed E-state index contributed by atoms with van der Waals surface area (Å²) in [6, 6.07) is 6.31. The Morgan fingerprint density at radius 3 is 2.57 bits per heavy atom. The molecule has 1 saturated heterocycles. The molecular weight excluding hydrogens is 288 g/mol. The molecular formula is C15H24N2O3S. The Bertz CT molecular complexity index is 566. The molecule has 0 spiro atoms. The van der Waals surface area contributed by atoms with Crippen LogP contribution in [0.3, 0.4) is 0 Å². The monoisotopic (exact) mass is 312 g/mol. The standard InChI is InChI=1S/C15H24N2O3S/c1-12(11-17-8-3-4-9-17)16-21(19,20)15-7-5-6-14(10-15)13(2)18/h5-7,10,12-13,16,18H,3-4,8-9,11H2,1-2H3. The molecule has 5 nitrogen and oxygen atoms in total. The van der Waals surface area contributed by atoms with Gasteiger partial charge in [-0.3, -0.25) is 0 Å². The van der Waals surface area contributed by atoms with Crippen LogP contribution in [0.5, 0.6) is 0 Å². The zero-order valence-corrected chi connectivity index (χ0v) is 13.4. The van der Waals surface area contributed by atoms with Gasteiger partial charge in [0.1, 0.15) is 0 Å². The summed E-state index contributed by atoms with van der Waals surface area (Å²) in [5.74, 6) is 0. The van der Waals surface area contributed by atoms with Gasteiger partial charge in [-0.05, 0) is 57.5 Å². The van der Waals surface area contributed by atoms with Crippen LogP contribution in [0.1, 0.15) is 38.4 Å². The number of nitrogens with one attached hydrogen (secondary N) is 1. The lowest BCUT2D eigenvalue weighted by atomic mass is 10.1. The van der Waals surface area contributed by atoms with Crippen LogP contribution in [0.2, 0.25) is 0 Å². The summed E-state index contributed by atoms with van der Waals surface area (Å²) in [6.45, 7) is 6.33. The highest BCUT2D eigenvalue weighted by Crippen LogP contribution is 2.17. The van der Waals surface area contributed by atoms with E-state index in [-0.39, 0.29) is 10.9 Å². The van der Waals surface area contributed by atoms with E-state index in [0.717, 1.165) is 19.6 Å². The molecule has 0 saturated carbocycles. The summed E-state index contributed by atoms with van der Waals surface area (Å²) < 4.78 is 27.5. The number of aliphatic hydroxyl groups is 1. The molecule has 1 aromatic rings. The van der Waals surface area contributed by atoms with E-state index in [1.165, 1.54) is 18.9 Å². The molecule has 6 heteroatoms. The van der Waals surface area contributed by atoms with E-state index in [9.17, 15) is 13.5 Å². The lowest BCUT2D eigenvalue weighted by Gasteiger charge is -2.21. The minimum atomic E-state index is -3.54. The summed E-state index contributed by atoms with van der Waals surface area (Å²) in [5.41, 5.74) is 0.602. The van der Waals surface area contributed by atoms with Gasteiger partial charge in [0, 0.05) is 12.6 Å². The number of aliphatic hydroxyl groups excluding tert-OH is 1. The lowest BCUT2D eigenvalue weighted by molar-refractivity contribution is 0.199. The second-order valence-corrected chi connectivity index (χ2v) is 7.49. The summed E-state index contributed by atoms with van der Waals surface area (Å²) >= 11 is 0. The van der Waals surface area contributed by atoms with Crippen molar-refractivity contribution in [1.29, 1.82) is 0 Å². The van der Waals surface area contributed by atoms with Gasteiger partial charge in [0.05, 0.1) is 11.0 Å². The normalized spacial score (nSPS) is 19.6. The van der Waals surface area contributed by atoms with Crippen LogP contribution in [0, 0.1) is 0 Å². The maximum absolute atomic E-state index is 12.4. The molecule has 1 aliphatic heterocycles. The van der Waals surface area contributed by atoms with E-state index >= 15 is 0 Å². The molecule has 2 atom stereocenters. The third-order valence-electron chi connectivity index (χ3n) is 3.74. The Morgan fingerprint density at radius 1 is 1.29 bits per heavy atom. The maximum atomic E-state index is 12.4. The van der Waals surface area contributed by atoms with Gasteiger partial charge in [-0.25, -0.2) is 13.1 Å². The Balaban J connectivity index is 2.05. The molecule has 21 heavy (non-hydrogen) atoms. The van der Waals surface area contributed by atoms with Gasteiger partial charge in [-0.2, -0.15) is 0 Å². The van der Waals surface area contributed by atoms with Gasteiger partial charge >= 0.3 is 0 Å². The van der Waals surface area contributed by atoms with Crippen molar-refractivity contribution in [2.45, 2.75) is 43.7 Å². The minimum Gasteiger partial charge on any atom is -0.389 e. The molecule has 2 rings (SSSR count). The summed E-state index contributed by atoms with van der Waals surface area (Å²) in [6.07, 6.45) is 1.70. The number of likely N-dealkylation sites (tertiary alicyclic amines) is 1. The minimum absolute atomic E-state index is 0.136. The topological polar surface area (TPSA) is 69.6 Å². The van der Waals surface area contributed by atoms with E-state index in [0.29, 0.717) is 5.56 Å². The Kier molecular flexibility index (Phi) is 5.37. The first-order valence-corrected chi connectivity index (χ1v) is 8.89. The van der Waals surface area contributed by atoms with Crippen LogP contribution in [0.25, 0.3) is 0 Å². The van der Waals surface area contributed by atoms with Crippen LogP contribution in [-0.4, -0.2) is 44.1 Å². The summed E-state index contributed by atoms with van der Waals surface area (Å²) in [7, 11) is -3.54. The fraction of sp³-hybridized carbons (Fsp3) is 0.600. The lowest BCUT2D eigenvalue weighted by Crippen LogP contribution is -2.41. The maximum Gasteiger partial charge on any atom is 0.240 e. The second-order valence-electron chi connectivity index (χ2n) is 5.78. The van der Waals surface area contributed by atoms with Gasteiger partial charge in [0.25, 0.3) is 0 Å². The van der Waals surface area contributed by atoms with Crippen LogP contribution in [0.4, 0.5) is 0 Å². The van der Waals surface area contributed by atoms with Gasteiger partial charge in [0.2, 0.25) is 10.0 Å². The molecule has 0 radical (unpaired) electrons. The first-order valence-electron chi connectivity index (χ1n) is 7.41. The number of hydrogen-bond donors (Lipinski definition) is 2. The van der Waals surface area contributed by atoms with Crippen LogP contribution in [0.15, 0.2) is 29.2 Å². The van der Waals surface area contributed by atoms with Crippen molar-refractivity contribution in [2.75, 3.05) is 19.6 Å². The van der Waals surface area contributed by atoms with Crippen molar-refractivity contribution in [3.8, 4) is 0 Å². The van der Waals surface area contributed by atoms with Crippen molar-refractivity contribution in [3.63, 3.8) is 0 Å². The summed E-state index contributed by atoms with van der Waals surface area (Å²) in [4.78, 5) is 2.48. The molecule has 0 bridgehead atoms. The molecule has 0 aromatic heterocycles. The van der Waals surface area contributed by atoms with E-state index in [1.807, 2.05) is 6.92 Å². The van der Waals surface area contributed by atoms with Crippen molar-refractivity contribution >= 4 is 10.0 Å². The molecule has 1 aliphatic rings. The predicted molar refractivity (Wildman–Crippen MR) is 82.5 cm³/mol. The van der Waals surface area contributed by atoms with Crippen LogP contribution >= 0.6 is 0 Å². The molecule has 2 N–H and O–H groups in total. The number of benzene rings is 1. The fourth-order valence-electron chi connectivity index (χ4n) is 2.66. The predicted octanol–water partition coefficient (Wildman–Crippen LogP) is 1.50. The highest BCUT2D eigenvalue weighted by molar-refractivity contribution is 7.89. The highest BCUT2D eigenvalue weighted by Gasteiger charge is 2.21. The molecule has 0 amide bonds. The first-order chi connectivity index (χ1) is 9.88. The average Bonchev–Trinajstić information content (AvgIpc) is 2.91. The van der Waals surface area contributed by atoms with Crippen molar-refractivity contribution in [3.05, 3.63) is 29.8 Å². The van der Waals surface area contributed by atoms with Crippen LogP contribution in [-0.2, 0) is 10.0 Å². The third kappa shape index (κ3) is 4.51. The van der Waals surface area contributed by atoms with Gasteiger partial charge in [0.15, 0.2) is 0 Å². The van der Waals surface area contributed by atoms with E-state index in [4.69, 9.17) is 0 Å². The quantitative estimate of drug-likeness (QED) is 0.835. The second kappa shape index (κ2) is 6.87. The summed E-state index contributed by atoms with van der Waals surface area (Å²) in [5, 5.41) is 9.56. The molecule has 2 unspecified atom stereocenters. The van der Waals surface area contributed by atoms with Gasteiger partial charge in [-0.15, -0.1) is 0 Å². The van der Waals surface area contributed by atoms with Crippen molar-refractivity contribution in [1.82, 2.24) is 9.62 Å². The van der Waals surface area contributed by atoms with E-state index in [1.54, 1.807) is 25.1 Å². The largest absolute Gasteiger partial charge is 0.389 e. The zero-order chi connectivity index (χ0) is 15.5. The van der Waals surface area contributed by atoms with Gasteiger partial charge in [-0.1, -0.05) is 12.1 Å². The molecule has 1 heterocycles. The Hall–Kier alpha value is -0.950. The fourth-order valence-corrected chi connectivity index (χ4v) is 3.95. The average molecular weight is 312 g/mol. The third-order valence-corrected chi connectivity index (χ3v) is 5.33. The van der Waals surface area contributed by atoms with E-state index < -0.39 is 16.1 Å². The number of nitrogens with zero attached hydrogens (tertiary/aromatic N) is 1. The SMILES string of the molecule is CC(CN1CCCC1)NS(=O)(=O)c1cccc(C(C)O)c1. The molecule has 1 aromatic carbocycles. The van der Waals surface area contributed by atoms with Crippen molar-refractivity contribution < 1.29 is 13.5 Å². The zero-order valence-electron chi connectivity index (χ0n) is 12.6. The van der Waals surface area contributed by atoms with Crippen molar-refractivity contribution in [2.24, 2.45) is 0 Å². The number of rotatable bonds is 6. The molecule has 1 fully saturated rings.